The molecule has 0 N–H and O–H groups in total. The maximum atomic E-state index is 13.2. The molecule has 9 rings (SSSR count). The Hall–Kier alpha value is -5.00. The molecule has 2 unspecified atom stereocenters. The summed E-state index contributed by atoms with van der Waals surface area (Å²) in [4.78, 5) is 16.3. The van der Waals surface area contributed by atoms with Crippen molar-refractivity contribution in [2.75, 3.05) is 4.90 Å². The fourth-order valence-electron chi connectivity index (χ4n) is 7.41. The summed E-state index contributed by atoms with van der Waals surface area (Å²) in [5, 5.41) is 5.11. The molecule has 5 aromatic carbocycles. The molecule has 7 aromatic rings. The van der Waals surface area contributed by atoms with E-state index in [0.717, 1.165) is 22.0 Å². The molecule has 1 aliphatic carbocycles. The molecule has 4 nitrogen and oxygen atoms in total. The zero-order valence-corrected chi connectivity index (χ0v) is 25.3. The highest BCUT2D eigenvalue weighted by Crippen LogP contribution is 2.47. The molecule has 3 heterocycles. The van der Waals surface area contributed by atoms with Crippen LogP contribution in [-0.4, -0.2) is 26.3 Å². The van der Waals surface area contributed by atoms with Gasteiger partial charge in [0, 0.05) is 44.7 Å². The first-order valence-electron chi connectivity index (χ1n) is 15.1. The molecular formula is C39H29N3OS. The van der Waals surface area contributed by atoms with Crippen molar-refractivity contribution >= 4 is 72.7 Å². The van der Waals surface area contributed by atoms with Crippen molar-refractivity contribution in [1.29, 1.82) is 0 Å². The Bertz CT molecular complexity index is 2340. The number of anilines is 1. The smallest absolute Gasteiger partial charge is 0.224 e. The van der Waals surface area contributed by atoms with Gasteiger partial charge >= 0.3 is 0 Å². The number of nitrogens with zero attached hydrogens (tertiary/aromatic N) is 3. The van der Waals surface area contributed by atoms with Crippen molar-refractivity contribution in [2.45, 2.75) is 30.0 Å². The Balaban J connectivity index is 1.21. The minimum Gasteiger partial charge on any atom is -0.310 e. The van der Waals surface area contributed by atoms with Gasteiger partial charge in [-0.1, -0.05) is 72.8 Å². The molecule has 2 aliphatic rings. The molecule has 1 amide bonds. The normalized spacial score (nSPS) is 17.8. The summed E-state index contributed by atoms with van der Waals surface area (Å²) in [5.74, 6) is 0.0557. The molecule has 0 bridgehead atoms. The number of carbonyl (C=O) groups is 1. The van der Waals surface area contributed by atoms with Crippen LogP contribution in [0.1, 0.15) is 12.5 Å². The summed E-state index contributed by atoms with van der Waals surface area (Å²) in [6.45, 7) is 3.87. The van der Waals surface area contributed by atoms with Gasteiger partial charge in [-0.15, -0.1) is 11.8 Å². The van der Waals surface area contributed by atoms with E-state index in [1.54, 1.807) is 6.92 Å². The van der Waals surface area contributed by atoms with Gasteiger partial charge in [0.05, 0.1) is 39.0 Å². The van der Waals surface area contributed by atoms with Gasteiger partial charge in [0.1, 0.15) is 0 Å². The van der Waals surface area contributed by atoms with Gasteiger partial charge in [0.15, 0.2) is 0 Å². The van der Waals surface area contributed by atoms with Crippen LogP contribution in [0.25, 0.3) is 55.0 Å². The lowest BCUT2D eigenvalue weighted by molar-refractivity contribution is -0.116. The van der Waals surface area contributed by atoms with E-state index < -0.39 is 0 Å². The molecule has 5 heteroatoms. The molecule has 1 aliphatic heterocycles. The van der Waals surface area contributed by atoms with Crippen LogP contribution in [0.3, 0.4) is 0 Å². The lowest BCUT2D eigenvalue weighted by Crippen LogP contribution is -2.47. The second kappa shape index (κ2) is 9.50. The molecular weight excluding hydrogens is 559 g/mol. The van der Waals surface area contributed by atoms with Crippen LogP contribution in [-0.2, 0) is 4.79 Å². The largest absolute Gasteiger partial charge is 0.310 e. The maximum Gasteiger partial charge on any atom is 0.224 e. The Morgan fingerprint density at radius 1 is 0.705 bits per heavy atom. The number of hydrogen-bond acceptors (Lipinski definition) is 2. The number of hydrogen-bond donors (Lipinski definition) is 0. The van der Waals surface area contributed by atoms with E-state index in [1.807, 2.05) is 16.7 Å². The van der Waals surface area contributed by atoms with E-state index in [9.17, 15) is 4.79 Å². The van der Waals surface area contributed by atoms with Gasteiger partial charge in [-0.2, -0.15) is 0 Å². The third-order valence-electron chi connectivity index (χ3n) is 9.24. The highest BCUT2D eigenvalue weighted by molar-refractivity contribution is 8.00. The van der Waals surface area contributed by atoms with E-state index in [4.69, 9.17) is 0 Å². The van der Waals surface area contributed by atoms with E-state index in [0.29, 0.717) is 0 Å². The number of rotatable bonds is 2. The first-order chi connectivity index (χ1) is 21.6. The molecule has 0 spiro atoms. The SMILES string of the molecule is CC(=O)N1c2ccc(-n3c4ccccc4c4ccccc43)cc2SC2C=C(n3c4ccccc4c4c(C)cccc43)C=CC21. The molecule has 0 radical (unpaired) electrons. The number of benzene rings is 5. The predicted molar refractivity (Wildman–Crippen MR) is 185 cm³/mol. The Kier molecular flexibility index (Phi) is 5.50. The van der Waals surface area contributed by atoms with Crippen LogP contribution < -0.4 is 4.90 Å². The summed E-state index contributed by atoms with van der Waals surface area (Å²) in [7, 11) is 0. The van der Waals surface area contributed by atoms with E-state index in [2.05, 4.69) is 143 Å². The first kappa shape index (κ1) is 25.5. The van der Waals surface area contributed by atoms with Crippen molar-refractivity contribution in [2.24, 2.45) is 0 Å². The lowest BCUT2D eigenvalue weighted by atomic mass is 10.0. The van der Waals surface area contributed by atoms with Gasteiger partial charge in [0.25, 0.3) is 0 Å². The fraction of sp³-hybridized carbons (Fsp3) is 0.103. The number of aryl methyl sites for hydroxylation is 1. The maximum absolute atomic E-state index is 13.2. The standard InChI is InChI=1S/C39H29N3OS/c1-24-10-9-17-36-39(24)30-13-5-8-16-33(30)42(36)27-19-21-35-38(23-27)44-37-22-26(18-20-34(37)40(35)25(2)43)41-31-14-6-3-11-28(31)29-12-4-7-15-32(29)41/h3-23,35,38H,1-2H3. The molecule has 44 heavy (non-hydrogen) atoms. The van der Waals surface area contributed by atoms with Crippen molar-refractivity contribution in [3.05, 3.63) is 133 Å². The molecule has 0 saturated carbocycles. The molecule has 0 fully saturated rings. The minimum atomic E-state index is -0.0531. The Morgan fingerprint density at radius 3 is 2.05 bits per heavy atom. The third kappa shape index (κ3) is 3.56. The van der Waals surface area contributed by atoms with Gasteiger partial charge in [-0.05, 0) is 67.1 Å². The van der Waals surface area contributed by atoms with E-state index >= 15 is 0 Å². The molecule has 2 aromatic heterocycles. The Morgan fingerprint density at radius 2 is 1.34 bits per heavy atom. The number of amides is 1. The molecule has 2 atom stereocenters. The summed E-state index contributed by atoms with van der Waals surface area (Å²) in [5.41, 5.74) is 9.26. The molecule has 0 saturated heterocycles. The quantitative estimate of drug-likeness (QED) is 0.202. The fourth-order valence-corrected chi connectivity index (χ4v) is 8.74. The minimum absolute atomic E-state index is 0.0531. The first-order valence-corrected chi connectivity index (χ1v) is 15.9. The zero-order valence-electron chi connectivity index (χ0n) is 24.4. The van der Waals surface area contributed by atoms with E-state index in [-0.39, 0.29) is 17.2 Å². The van der Waals surface area contributed by atoms with Crippen LogP contribution in [0, 0.1) is 6.92 Å². The van der Waals surface area contributed by atoms with Crippen LogP contribution in [0.5, 0.6) is 0 Å². The van der Waals surface area contributed by atoms with E-state index in [1.165, 1.54) is 49.2 Å². The van der Waals surface area contributed by atoms with Crippen LogP contribution in [0.4, 0.5) is 5.69 Å². The number of aromatic nitrogens is 2. The molecule has 212 valence electrons. The number of allylic oxidation sites excluding steroid dienone is 2. The predicted octanol–water partition coefficient (Wildman–Crippen LogP) is 9.51. The van der Waals surface area contributed by atoms with Crippen molar-refractivity contribution in [1.82, 2.24) is 9.13 Å². The highest BCUT2D eigenvalue weighted by atomic mass is 32.2. The van der Waals surface area contributed by atoms with Gasteiger partial charge in [-0.3, -0.25) is 4.79 Å². The number of carbonyl (C=O) groups excluding carboxylic acids is 1. The summed E-state index contributed by atoms with van der Waals surface area (Å²) < 4.78 is 4.73. The van der Waals surface area contributed by atoms with Crippen molar-refractivity contribution in [3.8, 4) is 5.69 Å². The number of thioether (sulfide) groups is 1. The van der Waals surface area contributed by atoms with Gasteiger partial charge in [0.2, 0.25) is 5.91 Å². The van der Waals surface area contributed by atoms with Crippen molar-refractivity contribution < 1.29 is 4.79 Å². The lowest BCUT2D eigenvalue weighted by Gasteiger charge is -2.41. The van der Waals surface area contributed by atoms with Crippen LogP contribution in [0.15, 0.2) is 132 Å². The second-order valence-electron chi connectivity index (χ2n) is 11.8. The van der Waals surface area contributed by atoms with Gasteiger partial charge < -0.3 is 14.0 Å². The highest BCUT2D eigenvalue weighted by Gasteiger charge is 2.37. The van der Waals surface area contributed by atoms with Crippen molar-refractivity contribution in [3.63, 3.8) is 0 Å². The average molecular weight is 588 g/mol. The zero-order chi connectivity index (χ0) is 29.5. The summed E-state index contributed by atoms with van der Waals surface area (Å²) >= 11 is 1.85. The topological polar surface area (TPSA) is 30.2 Å². The summed E-state index contributed by atoms with van der Waals surface area (Å²) in [6, 6.07) is 38.9. The third-order valence-corrected chi connectivity index (χ3v) is 10.5. The van der Waals surface area contributed by atoms with Gasteiger partial charge in [-0.25, -0.2) is 0 Å². The summed E-state index contributed by atoms with van der Waals surface area (Å²) in [6.07, 6.45) is 6.77. The van der Waals surface area contributed by atoms with Crippen LogP contribution in [0.2, 0.25) is 0 Å². The monoisotopic (exact) mass is 587 g/mol. The number of fused-ring (bicyclic) bond motifs is 8. The second-order valence-corrected chi connectivity index (χ2v) is 13.0. The Labute approximate surface area is 259 Å². The number of para-hydroxylation sites is 3. The average Bonchev–Trinajstić information content (AvgIpc) is 3.57. The van der Waals surface area contributed by atoms with Crippen LogP contribution >= 0.6 is 11.8 Å².